The Hall–Kier alpha value is -2.99. The van der Waals surface area contributed by atoms with Gasteiger partial charge in [0.05, 0.1) is 12.7 Å². The maximum Gasteiger partial charge on any atom is 0.302 e. The van der Waals surface area contributed by atoms with Gasteiger partial charge in [-0.15, -0.1) is 0 Å². The minimum atomic E-state index is -1.13. The molecule has 0 amide bonds. The molecule has 1 aliphatic carbocycles. The van der Waals surface area contributed by atoms with E-state index in [4.69, 9.17) is 9.47 Å². The highest BCUT2D eigenvalue weighted by molar-refractivity contribution is 5.66. The van der Waals surface area contributed by atoms with Gasteiger partial charge in [-0.1, -0.05) is 91.0 Å². The van der Waals surface area contributed by atoms with Crippen LogP contribution in [0.5, 0.6) is 0 Å². The van der Waals surface area contributed by atoms with E-state index in [1.807, 2.05) is 91.0 Å². The zero-order chi connectivity index (χ0) is 22.6. The molecule has 3 aromatic carbocycles. The molecule has 0 saturated heterocycles. The van der Waals surface area contributed by atoms with Gasteiger partial charge in [-0.25, -0.2) is 0 Å². The van der Waals surface area contributed by atoms with Crippen LogP contribution < -0.4 is 0 Å². The van der Waals surface area contributed by atoms with Crippen LogP contribution in [0.3, 0.4) is 0 Å². The summed E-state index contributed by atoms with van der Waals surface area (Å²) in [5, 5.41) is 21.0. The molecule has 0 aromatic heterocycles. The molecular formula is C27H28O5. The Labute approximate surface area is 188 Å². The van der Waals surface area contributed by atoms with E-state index in [9.17, 15) is 15.0 Å². The summed E-state index contributed by atoms with van der Waals surface area (Å²) in [4.78, 5) is 11.4. The molecule has 1 saturated carbocycles. The first kappa shape index (κ1) is 22.2. The van der Waals surface area contributed by atoms with Crippen LogP contribution in [0.15, 0.2) is 91.0 Å². The first-order chi connectivity index (χ1) is 15.5. The Balaban J connectivity index is 1.73. The predicted molar refractivity (Wildman–Crippen MR) is 121 cm³/mol. The van der Waals surface area contributed by atoms with Crippen LogP contribution in [0.2, 0.25) is 0 Å². The van der Waals surface area contributed by atoms with Crippen LogP contribution in [-0.4, -0.2) is 41.1 Å². The number of ether oxygens (including phenoxy) is 2. The average molecular weight is 433 g/mol. The smallest absolute Gasteiger partial charge is 0.302 e. The number of aliphatic hydroxyl groups excluding tert-OH is 2. The number of hydrogen-bond donors (Lipinski definition) is 2. The lowest BCUT2D eigenvalue weighted by molar-refractivity contribution is -0.152. The zero-order valence-electron chi connectivity index (χ0n) is 18.0. The number of carbonyl (C=O) groups excluding carboxylic acids is 1. The van der Waals surface area contributed by atoms with Gasteiger partial charge in [-0.05, 0) is 23.1 Å². The van der Waals surface area contributed by atoms with Crippen LogP contribution >= 0.6 is 0 Å². The molecule has 0 unspecified atom stereocenters. The Morgan fingerprint density at radius 2 is 1.25 bits per heavy atom. The molecule has 5 nitrogen and oxygen atoms in total. The number of hydrogen-bond acceptors (Lipinski definition) is 5. The van der Waals surface area contributed by atoms with Crippen molar-refractivity contribution in [3.8, 4) is 0 Å². The second kappa shape index (κ2) is 9.65. The lowest BCUT2D eigenvalue weighted by Gasteiger charge is -2.37. The molecule has 32 heavy (non-hydrogen) atoms. The van der Waals surface area contributed by atoms with E-state index in [0.29, 0.717) is 6.42 Å². The summed E-state index contributed by atoms with van der Waals surface area (Å²) in [5.41, 5.74) is 1.97. The lowest BCUT2D eigenvalue weighted by Crippen LogP contribution is -2.37. The summed E-state index contributed by atoms with van der Waals surface area (Å²) >= 11 is 0. The summed E-state index contributed by atoms with van der Waals surface area (Å²) in [6.45, 7) is 1.48. The van der Waals surface area contributed by atoms with E-state index in [1.54, 1.807) is 0 Å². The molecule has 2 N–H and O–H groups in total. The van der Waals surface area contributed by atoms with E-state index in [2.05, 4.69) is 0 Å². The number of benzene rings is 3. The molecule has 4 rings (SSSR count). The second-order valence-corrected chi connectivity index (χ2v) is 8.22. The van der Waals surface area contributed by atoms with Crippen molar-refractivity contribution in [2.75, 3.05) is 6.61 Å². The van der Waals surface area contributed by atoms with Gasteiger partial charge in [0.15, 0.2) is 0 Å². The van der Waals surface area contributed by atoms with Crippen LogP contribution in [0, 0.1) is 5.92 Å². The van der Waals surface area contributed by atoms with Gasteiger partial charge in [-0.2, -0.15) is 0 Å². The van der Waals surface area contributed by atoms with Gasteiger partial charge >= 0.3 is 5.97 Å². The fourth-order valence-electron chi connectivity index (χ4n) is 4.57. The Morgan fingerprint density at radius 1 is 0.812 bits per heavy atom. The Morgan fingerprint density at radius 3 is 1.66 bits per heavy atom. The maximum atomic E-state index is 11.4. The van der Waals surface area contributed by atoms with Crippen molar-refractivity contribution >= 4 is 5.97 Å². The fraction of sp³-hybridized carbons (Fsp3) is 0.296. The normalized spacial score (nSPS) is 23.1. The minimum Gasteiger partial charge on any atom is -0.460 e. The summed E-state index contributed by atoms with van der Waals surface area (Å²) in [7, 11) is 0. The van der Waals surface area contributed by atoms with Gasteiger partial charge in [0.1, 0.15) is 17.8 Å². The third-order valence-electron chi connectivity index (χ3n) is 6.12. The van der Waals surface area contributed by atoms with Crippen LogP contribution in [-0.2, 0) is 19.9 Å². The fourth-order valence-corrected chi connectivity index (χ4v) is 4.57. The van der Waals surface area contributed by atoms with Crippen molar-refractivity contribution in [2.45, 2.75) is 37.3 Å². The van der Waals surface area contributed by atoms with E-state index in [1.165, 1.54) is 6.92 Å². The first-order valence-corrected chi connectivity index (χ1v) is 10.9. The van der Waals surface area contributed by atoms with Crippen LogP contribution in [0.25, 0.3) is 0 Å². The number of aliphatic hydroxyl groups is 2. The monoisotopic (exact) mass is 432 g/mol. The maximum absolute atomic E-state index is 11.4. The first-order valence-electron chi connectivity index (χ1n) is 10.9. The van der Waals surface area contributed by atoms with Crippen LogP contribution in [0.4, 0.5) is 0 Å². The largest absolute Gasteiger partial charge is 0.460 e. The highest BCUT2D eigenvalue weighted by Gasteiger charge is 2.45. The van der Waals surface area contributed by atoms with Crippen molar-refractivity contribution in [2.24, 2.45) is 5.92 Å². The molecule has 0 bridgehead atoms. The second-order valence-electron chi connectivity index (χ2n) is 8.22. The molecule has 1 aliphatic rings. The van der Waals surface area contributed by atoms with E-state index in [0.717, 1.165) is 16.7 Å². The SMILES string of the molecule is CC(=O)O[C@@H]1C[C@H](COC(c2ccccc2)(c2ccccc2)c2ccccc2)[C@@H](O)[C@H]1O. The molecule has 0 spiro atoms. The van der Waals surface area contributed by atoms with E-state index in [-0.39, 0.29) is 12.5 Å². The Bertz CT molecular complexity index is 909. The number of carbonyl (C=O) groups is 1. The van der Waals surface area contributed by atoms with Crippen LogP contribution in [0.1, 0.15) is 30.0 Å². The highest BCUT2D eigenvalue weighted by Crippen LogP contribution is 2.42. The Kier molecular flexibility index (Phi) is 6.70. The topological polar surface area (TPSA) is 76.0 Å². The van der Waals surface area contributed by atoms with Crippen molar-refractivity contribution in [1.29, 1.82) is 0 Å². The quantitative estimate of drug-likeness (QED) is 0.440. The summed E-state index contributed by atoms with van der Waals surface area (Å²) < 4.78 is 11.9. The summed E-state index contributed by atoms with van der Waals surface area (Å²) in [6.07, 6.45) is -2.58. The standard InChI is InChI=1S/C27H28O5/c1-19(28)32-24-17-20(25(29)26(24)30)18-31-27(21-11-5-2-6-12-21,22-13-7-3-8-14-22)23-15-9-4-10-16-23/h2-16,20,24-26,29-30H,17-18H2,1H3/t20-,24-,25-,26+/m1/s1. The van der Waals surface area contributed by atoms with Gasteiger partial charge < -0.3 is 19.7 Å². The third kappa shape index (κ3) is 4.32. The van der Waals surface area contributed by atoms with Crippen molar-refractivity contribution in [3.63, 3.8) is 0 Å². The van der Waals surface area contributed by atoms with Crippen molar-refractivity contribution in [1.82, 2.24) is 0 Å². The lowest BCUT2D eigenvalue weighted by atomic mass is 9.80. The molecule has 166 valence electrons. The molecule has 4 atom stereocenters. The average Bonchev–Trinajstić information content (AvgIpc) is 3.09. The zero-order valence-corrected chi connectivity index (χ0v) is 18.0. The molecule has 3 aromatic rings. The van der Waals surface area contributed by atoms with Crippen molar-refractivity contribution < 1.29 is 24.5 Å². The van der Waals surface area contributed by atoms with Gasteiger partial charge in [-0.3, -0.25) is 4.79 Å². The van der Waals surface area contributed by atoms with Gasteiger partial charge in [0.25, 0.3) is 0 Å². The number of esters is 1. The molecule has 0 aliphatic heterocycles. The summed E-state index contributed by atoms with van der Waals surface area (Å²) in [5.74, 6) is -0.861. The van der Waals surface area contributed by atoms with Gasteiger partial charge in [0.2, 0.25) is 0 Å². The molecule has 5 heteroatoms. The highest BCUT2D eigenvalue weighted by atomic mass is 16.6. The summed E-state index contributed by atoms with van der Waals surface area (Å²) in [6, 6.07) is 29.9. The molecule has 1 fully saturated rings. The molecular weight excluding hydrogens is 404 g/mol. The number of rotatable bonds is 7. The molecule has 0 heterocycles. The van der Waals surface area contributed by atoms with E-state index < -0.39 is 29.9 Å². The third-order valence-corrected chi connectivity index (χ3v) is 6.12. The van der Waals surface area contributed by atoms with Crippen molar-refractivity contribution in [3.05, 3.63) is 108 Å². The van der Waals surface area contributed by atoms with Gasteiger partial charge in [0, 0.05) is 12.8 Å². The minimum absolute atomic E-state index is 0.175. The predicted octanol–water partition coefficient (Wildman–Crippen LogP) is 3.67. The molecule has 0 radical (unpaired) electrons. The van der Waals surface area contributed by atoms with E-state index >= 15 is 0 Å².